The van der Waals surface area contributed by atoms with Gasteiger partial charge in [-0.1, -0.05) is 41.9 Å². The van der Waals surface area contributed by atoms with Crippen molar-refractivity contribution in [2.45, 2.75) is 4.90 Å². The van der Waals surface area contributed by atoms with Gasteiger partial charge in [-0.25, -0.2) is 0 Å². The third kappa shape index (κ3) is 3.44. The Labute approximate surface area is 127 Å². The van der Waals surface area contributed by atoms with Crippen molar-refractivity contribution in [2.24, 2.45) is 5.73 Å². The first-order valence-corrected chi connectivity index (χ1v) is 7.62. The average Bonchev–Trinajstić information content (AvgIpc) is 2.46. The van der Waals surface area contributed by atoms with Crippen LogP contribution in [0.5, 0.6) is 0 Å². The summed E-state index contributed by atoms with van der Waals surface area (Å²) >= 11 is 7.79. The number of hydrogen-bond acceptors (Lipinski definition) is 2. The highest BCUT2D eigenvalue weighted by atomic mass is 35.5. The Morgan fingerprint density at radius 1 is 1.15 bits per heavy atom. The molecule has 1 amide bonds. The summed E-state index contributed by atoms with van der Waals surface area (Å²) in [5.74, 6) is -0.493. The quantitative estimate of drug-likeness (QED) is 0.525. The topological polar surface area (TPSA) is 43.1 Å². The maximum absolute atomic E-state index is 11.7. The van der Waals surface area contributed by atoms with Crippen molar-refractivity contribution < 1.29 is 4.79 Å². The molecule has 0 heterocycles. The zero-order valence-corrected chi connectivity index (χ0v) is 12.5. The molecule has 0 aliphatic heterocycles. The van der Waals surface area contributed by atoms with Crippen molar-refractivity contribution in [1.82, 2.24) is 0 Å². The van der Waals surface area contributed by atoms with Crippen LogP contribution in [0, 0.1) is 0 Å². The number of amides is 1. The Morgan fingerprint density at radius 3 is 2.35 bits per heavy atom. The molecule has 0 unspecified atom stereocenters. The van der Waals surface area contributed by atoms with Crippen molar-refractivity contribution in [1.29, 1.82) is 0 Å². The predicted octanol–water partition coefficient (Wildman–Crippen LogP) is 4.09. The van der Waals surface area contributed by atoms with Gasteiger partial charge in [-0.05, 0) is 36.1 Å². The predicted molar refractivity (Wildman–Crippen MR) is 86.7 cm³/mol. The second-order valence-electron chi connectivity index (χ2n) is 4.18. The van der Waals surface area contributed by atoms with Gasteiger partial charge in [-0.2, -0.15) is 0 Å². The molecule has 0 spiro atoms. The van der Waals surface area contributed by atoms with E-state index >= 15 is 0 Å². The van der Waals surface area contributed by atoms with Crippen LogP contribution < -0.4 is 5.73 Å². The van der Waals surface area contributed by atoms with Crippen LogP contribution in [-0.2, 0) is 4.79 Å². The molecule has 0 aliphatic carbocycles. The molecule has 0 atom stereocenters. The molecule has 0 bridgehead atoms. The molecule has 0 fully saturated rings. The van der Waals surface area contributed by atoms with E-state index in [1.165, 1.54) is 4.90 Å². The number of carbonyl (C=O) groups excluding carboxylic acids is 1. The molecule has 0 saturated carbocycles. The number of carbonyl (C=O) groups is 1. The summed E-state index contributed by atoms with van der Waals surface area (Å²) in [7, 11) is 0. The molecule has 2 N–H and O–H groups in total. The van der Waals surface area contributed by atoms with E-state index in [2.05, 4.69) is 0 Å². The maximum Gasteiger partial charge on any atom is 0.249 e. The number of hydrogen-bond donors (Lipinski definition) is 1. The number of thioether (sulfide) groups is 1. The molecule has 0 aromatic heterocycles. The van der Waals surface area contributed by atoms with E-state index in [0.717, 1.165) is 5.56 Å². The fourth-order valence-corrected chi connectivity index (χ4v) is 2.47. The molecule has 20 heavy (non-hydrogen) atoms. The van der Waals surface area contributed by atoms with Gasteiger partial charge in [0.2, 0.25) is 5.91 Å². The van der Waals surface area contributed by atoms with Crippen LogP contribution in [0.15, 0.2) is 53.4 Å². The second-order valence-corrected chi connectivity index (χ2v) is 5.46. The lowest BCUT2D eigenvalue weighted by Gasteiger charge is -2.06. The van der Waals surface area contributed by atoms with Crippen molar-refractivity contribution in [3.05, 3.63) is 64.7 Å². The van der Waals surface area contributed by atoms with Gasteiger partial charge in [-0.15, -0.1) is 11.8 Å². The first-order valence-electron chi connectivity index (χ1n) is 6.02. The van der Waals surface area contributed by atoms with E-state index in [9.17, 15) is 4.79 Å². The summed E-state index contributed by atoms with van der Waals surface area (Å²) in [6.45, 7) is 0. The number of nitrogens with two attached hydrogens (primary N) is 1. The molecule has 0 aliphatic rings. The molecule has 2 aromatic carbocycles. The van der Waals surface area contributed by atoms with Gasteiger partial charge in [0, 0.05) is 21.1 Å². The summed E-state index contributed by atoms with van der Waals surface area (Å²) in [5.41, 5.74) is 7.44. The summed E-state index contributed by atoms with van der Waals surface area (Å²) in [5, 5.41) is 0.512. The summed E-state index contributed by atoms with van der Waals surface area (Å²) in [6, 6.07) is 15.1. The molecular formula is C16H14ClNOS. The lowest BCUT2D eigenvalue weighted by molar-refractivity contribution is -0.112. The SMILES string of the molecule is CSc1ccc(/C=C(/C(N)=O)c2ccccc2Cl)cc1. The number of halogens is 1. The Hall–Kier alpha value is -1.71. The van der Waals surface area contributed by atoms with Gasteiger partial charge < -0.3 is 5.73 Å². The Morgan fingerprint density at radius 2 is 1.80 bits per heavy atom. The molecule has 2 nitrogen and oxygen atoms in total. The van der Waals surface area contributed by atoms with Gasteiger partial charge in [-0.3, -0.25) is 4.79 Å². The van der Waals surface area contributed by atoms with Crippen molar-refractivity contribution >= 4 is 40.9 Å². The minimum Gasteiger partial charge on any atom is -0.366 e. The van der Waals surface area contributed by atoms with Crippen LogP contribution in [0.3, 0.4) is 0 Å². The Bertz CT molecular complexity index is 650. The lowest BCUT2D eigenvalue weighted by Crippen LogP contribution is -2.13. The van der Waals surface area contributed by atoms with Crippen LogP contribution in [0.2, 0.25) is 5.02 Å². The van der Waals surface area contributed by atoms with Crippen molar-refractivity contribution in [3.8, 4) is 0 Å². The molecule has 2 aromatic rings. The third-order valence-corrected chi connectivity index (χ3v) is 3.93. The van der Waals surface area contributed by atoms with E-state index in [1.807, 2.05) is 42.7 Å². The highest BCUT2D eigenvalue weighted by Crippen LogP contribution is 2.26. The Balaban J connectivity index is 2.45. The Kier molecular flexibility index (Phi) is 4.88. The third-order valence-electron chi connectivity index (χ3n) is 2.86. The first kappa shape index (κ1) is 14.7. The van der Waals surface area contributed by atoms with E-state index in [1.54, 1.807) is 30.0 Å². The first-order chi connectivity index (χ1) is 9.61. The fraction of sp³-hybridized carbons (Fsp3) is 0.0625. The molecule has 0 saturated heterocycles. The standard InChI is InChI=1S/C16H14ClNOS/c1-20-12-8-6-11(7-9-12)10-14(16(18)19)13-4-2-3-5-15(13)17/h2-10H,1H3,(H2,18,19)/b14-10+. The van der Waals surface area contributed by atoms with Crippen LogP contribution >= 0.6 is 23.4 Å². The van der Waals surface area contributed by atoms with E-state index in [-0.39, 0.29) is 0 Å². The largest absolute Gasteiger partial charge is 0.366 e. The lowest BCUT2D eigenvalue weighted by atomic mass is 10.0. The van der Waals surface area contributed by atoms with Crippen LogP contribution in [0.4, 0.5) is 0 Å². The number of primary amides is 1. The van der Waals surface area contributed by atoms with Crippen LogP contribution in [0.1, 0.15) is 11.1 Å². The zero-order chi connectivity index (χ0) is 14.5. The number of benzene rings is 2. The molecule has 4 heteroatoms. The highest BCUT2D eigenvalue weighted by molar-refractivity contribution is 7.98. The van der Waals surface area contributed by atoms with E-state index in [4.69, 9.17) is 17.3 Å². The maximum atomic E-state index is 11.7. The van der Waals surface area contributed by atoms with Crippen LogP contribution in [0.25, 0.3) is 11.6 Å². The monoisotopic (exact) mass is 303 g/mol. The zero-order valence-electron chi connectivity index (χ0n) is 11.0. The summed E-state index contributed by atoms with van der Waals surface area (Å²) in [6.07, 6.45) is 3.77. The fourth-order valence-electron chi connectivity index (χ4n) is 1.83. The van der Waals surface area contributed by atoms with Gasteiger partial charge in [0.1, 0.15) is 0 Å². The van der Waals surface area contributed by atoms with E-state index < -0.39 is 5.91 Å². The van der Waals surface area contributed by atoms with Gasteiger partial charge in [0.15, 0.2) is 0 Å². The van der Waals surface area contributed by atoms with Gasteiger partial charge in [0.25, 0.3) is 0 Å². The molecular weight excluding hydrogens is 290 g/mol. The molecule has 2 rings (SSSR count). The molecule has 0 radical (unpaired) electrons. The van der Waals surface area contributed by atoms with Gasteiger partial charge in [0.05, 0.1) is 0 Å². The summed E-state index contributed by atoms with van der Waals surface area (Å²) in [4.78, 5) is 12.8. The minimum absolute atomic E-state index is 0.410. The molecule has 102 valence electrons. The minimum atomic E-state index is -0.493. The van der Waals surface area contributed by atoms with Gasteiger partial charge >= 0.3 is 0 Å². The van der Waals surface area contributed by atoms with Crippen molar-refractivity contribution in [2.75, 3.05) is 6.26 Å². The summed E-state index contributed by atoms with van der Waals surface area (Å²) < 4.78 is 0. The van der Waals surface area contributed by atoms with E-state index in [0.29, 0.717) is 16.2 Å². The smallest absolute Gasteiger partial charge is 0.249 e. The van der Waals surface area contributed by atoms with Crippen molar-refractivity contribution in [3.63, 3.8) is 0 Å². The second kappa shape index (κ2) is 6.64. The normalized spacial score (nSPS) is 11.4. The highest BCUT2D eigenvalue weighted by Gasteiger charge is 2.11. The average molecular weight is 304 g/mol. The number of rotatable bonds is 4. The van der Waals surface area contributed by atoms with Crippen LogP contribution in [-0.4, -0.2) is 12.2 Å².